The van der Waals surface area contributed by atoms with Gasteiger partial charge in [0.25, 0.3) is 0 Å². The third-order valence-electron chi connectivity index (χ3n) is 1.74. The lowest BCUT2D eigenvalue weighted by Gasteiger charge is -2.05. The summed E-state index contributed by atoms with van der Waals surface area (Å²) in [4.78, 5) is 20.6. The lowest BCUT2D eigenvalue weighted by molar-refractivity contribution is -0.140. The highest BCUT2D eigenvalue weighted by molar-refractivity contribution is 5.85. The molecule has 0 amide bonds. The number of hydrogen-bond donors (Lipinski definition) is 3. The molecular formula is C6H10ClNO4. The Morgan fingerprint density at radius 1 is 1.08 bits per heavy atom. The van der Waals surface area contributed by atoms with Gasteiger partial charge in [-0.05, 0) is 12.8 Å². The fraction of sp³-hybridized carbons (Fsp3) is 0.667. The summed E-state index contributed by atoms with van der Waals surface area (Å²) < 4.78 is 0. The number of hydrogen-bond acceptors (Lipinski definition) is 3. The van der Waals surface area contributed by atoms with Gasteiger partial charge in [-0.3, -0.25) is 14.9 Å². The second-order valence-corrected chi connectivity index (χ2v) is 2.53. The molecule has 0 aromatic heterocycles. The molecule has 3 N–H and O–H groups in total. The molecule has 0 radical (unpaired) electrons. The Labute approximate surface area is 75.2 Å². The van der Waals surface area contributed by atoms with Crippen molar-refractivity contribution in [2.24, 2.45) is 0 Å². The maximum absolute atomic E-state index is 10.3. The van der Waals surface area contributed by atoms with Gasteiger partial charge in [-0.2, -0.15) is 0 Å². The quantitative estimate of drug-likeness (QED) is 0.563. The molecule has 1 heterocycles. The van der Waals surface area contributed by atoms with E-state index in [4.69, 9.17) is 10.2 Å². The molecule has 12 heavy (non-hydrogen) atoms. The van der Waals surface area contributed by atoms with E-state index in [1.54, 1.807) is 0 Å². The summed E-state index contributed by atoms with van der Waals surface area (Å²) in [6, 6.07) is -1.37. The van der Waals surface area contributed by atoms with E-state index >= 15 is 0 Å². The third kappa shape index (κ3) is 2.35. The van der Waals surface area contributed by atoms with Crippen LogP contribution in [-0.2, 0) is 9.59 Å². The molecule has 5 nitrogen and oxygen atoms in total. The number of carboxylic acid groups (broad SMARTS) is 2. The minimum Gasteiger partial charge on any atom is -0.480 e. The molecule has 0 aromatic carbocycles. The number of rotatable bonds is 2. The van der Waals surface area contributed by atoms with Gasteiger partial charge in [-0.1, -0.05) is 0 Å². The zero-order valence-electron chi connectivity index (χ0n) is 6.19. The molecule has 2 unspecified atom stereocenters. The van der Waals surface area contributed by atoms with Gasteiger partial charge in [0.2, 0.25) is 0 Å². The first-order valence-electron chi connectivity index (χ1n) is 3.33. The standard InChI is InChI=1S/C6H9NO4.ClH/c8-5(9)3-1-2-4(7-3)6(10)11;/h3-4,7H,1-2H2,(H,8,9)(H,10,11);1H. The summed E-state index contributed by atoms with van der Waals surface area (Å²) in [5.74, 6) is -1.96. The predicted molar refractivity (Wildman–Crippen MR) is 42.5 cm³/mol. The van der Waals surface area contributed by atoms with Gasteiger partial charge < -0.3 is 10.2 Å². The molecule has 0 saturated carbocycles. The summed E-state index contributed by atoms with van der Waals surface area (Å²) >= 11 is 0. The van der Waals surface area contributed by atoms with Crippen molar-refractivity contribution in [2.45, 2.75) is 24.9 Å². The topological polar surface area (TPSA) is 86.6 Å². The molecule has 0 aromatic rings. The van der Waals surface area contributed by atoms with Crippen molar-refractivity contribution in [2.75, 3.05) is 0 Å². The first-order valence-corrected chi connectivity index (χ1v) is 3.33. The lowest BCUT2D eigenvalue weighted by atomic mass is 10.2. The highest BCUT2D eigenvalue weighted by Gasteiger charge is 2.32. The van der Waals surface area contributed by atoms with E-state index in [0.717, 1.165) is 0 Å². The largest absolute Gasteiger partial charge is 0.480 e. The van der Waals surface area contributed by atoms with Crippen LogP contribution in [0.5, 0.6) is 0 Å². The van der Waals surface area contributed by atoms with E-state index in [1.165, 1.54) is 0 Å². The number of halogens is 1. The van der Waals surface area contributed by atoms with Crippen LogP contribution in [0.25, 0.3) is 0 Å². The molecule has 1 aliphatic heterocycles. The van der Waals surface area contributed by atoms with Crippen molar-refractivity contribution >= 4 is 24.3 Å². The molecule has 70 valence electrons. The maximum atomic E-state index is 10.3. The van der Waals surface area contributed by atoms with Crippen LogP contribution in [0.15, 0.2) is 0 Å². The Kier molecular flexibility index (Phi) is 3.99. The van der Waals surface area contributed by atoms with Gasteiger partial charge in [0.15, 0.2) is 0 Å². The van der Waals surface area contributed by atoms with Crippen LogP contribution in [-0.4, -0.2) is 34.2 Å². The predicted octanol–water partition coefficient (Wildman–Crippen LogP) is -0.302. The Bertz CT molecular complexity index is 176. The van der Waals surface area contributed by atoms with Crippen LogP contribution >= 0.6 is 12.4 Å². The van der Waals surface area contributed by atoms with Gasteiger partial charge in [0.05, 0.1) is 0 Å². The first kappa shape index (κ1) is 11.2. The number of nitrogens with one attached hydrogen (secondary N) is 1. The smallest absolute Gasteiger partial charge is 0.320 e. The SMILES string of the molecule is Cl.O=C(O)C1CCC(C(=O)O)N1. The van der Waals surface area contributed by atoms with Crippen LogP contribution in [0, 0.1) is 0 Å². The van der Waals surface area contributed by atoms with E-state index in [2.05, 4.69) is 5.32 Å². The Hall–Kier alpha value is -0.810. The molecule has 6 heteroatoms. The lowest BCUT2D eigenvalue weighted by Crippen LogP contribution is -2.39. The minimum absolute atomic E-state index is 0. The van der Waals surface area contributed by atoms with Crippen molar-refractivity contribution in [1.29, 1.82) is 0 Å². The van der Waals surface area contributed by atoms with E-state index in [9.17, 15) is 9.59 Å². The van der Waals surface area contributed by atoms with E-state index in [-0.39, 0.29) is 12.4 Å². The van der Waals surface area contributed by atoms with Crippen LogP contribution in [0.4, 0.5) is 0 Å². The van der Waals surface area contributed by atoms with Crippen LogP contribution < -0.4 is 5.32 Å². The van der Waals surface area contributed by atoms with Crippen molar-refractivity contribution in [3.05, 3.63) is 0 Å². The summed E-state index contributed by atoms with van der Waals surface area (Å²) in [6.45, 7) is 0. The Morgan fingerprint density at radius 3 is 1.58 bits per heavy atom. The van der Waals surface area contributed by atoms with Gasteiger partial charge >= 0.3 is 11.9 Å². The first-order chi connectivity index (χ1) is 5.11. The van der Waals surface area contributed by atoms with Gasteiger partial charge in [0, 0.05) is 0 Å². The fourth-order valence-electron chi connectivity index (χ4n) is 1.13. The molecular weight excluding hydrogens is 186 g/mol. The highest BCUT2D eigenvalue weighted by Crippen LogP contribution is 2.12. The number of carboxylic acids is 2. The number of carbonyl (C=O) groups is 2. The Balaban J connectivity index is 0.00000121. The molecule has 1 rings (SSSR count). The van der Waals surface area contributed by atoms with Crippen molar-refractivity contribution in [3.63, 3.8) is 0 Å². The zero-order chi connectivity index (χ0) is 8.43. The maximum Gasteiger partial charge on any atom is 0.320 e. The highest BCUT2D eigenvalue weighted by atomic mass is 35.5. The van der Waals surface area contributed by atoms with Gasteiger partial charge in [-0.15, -0.1) is 12.4 Å². The van der Waals surface area contributed by atoms with Crippen molar-refractivity contribution in [1.82, 2.24) is 5.32 Å². The number of aliphatic carboxylic acids is 2. The second kappa shape index (κ2) is 4.27. The monoisotopic (exact) mass is 195 g/mol. The zero-order valence-corrected chi connectivity index (χ0v) is 7.00. The second-order valence-electron chi connectivity index (χ2n) is 2.53. The van der Waals surface area contributed by atoms with E-state index in [1.807, 2.05) is 0 Å². The fourth-order valence-corrected chi connectivity index (χ4v) is 1.13. The summed E-state index contributed by atoms with van der Waals surface area (Å²) in [6.07, 6.45) is 0.790. The summed E-state index contributed by atoms with van der Waals surface area (Å²) in [5, 5.41) is 19.4. The molecule has 0 spiro atoms. The Morgan fingerprint density at radius 2 is 1.42 bits per heavy atom. The molecule has 1 saturated heterocycles. The normalized spacial score (nSPS) is 27.7. The average molecular weight is 196 g/mol. The molecule has 1 fully saturated rings. The summed E-state index contributed by atoms with van der Waals surface area (Å²) in [7, 11) is 0. The molecule has 1 aliphatic rings. The van der Waals surface area contributed by atoms with Gasteiger partial charge in [-0.25, -0.2) is 0 Å². The van der Waals surface area contributed by atoms with Crippen molar-refractivity contribution in [3.8, 4) is 0 Å². The summed E-state index contributed by atoms with van der Waals surface area (Å²) in [5.41, 5.74) is 0. The van der Waals surface area contributed by atoms with Gasteiger partial charge in [0.1, 0.15) is 12.1 Å². The third-order valence-corrected chi connectivity index (χ3v) is 1.74. The minimum atomic E-state index is -0.978. The van der Waals surface area contributed by atoms with E-state index < -0.39 is 24.0 Å². The molecule has 2 atom stereocenters. The van der Waals surface area contributed by atoms with Crippen molar-refractivity contribution < 1.29 is 19.8 Å². The van der Waals surface area contributed by atoms with Crippen LogP contribution in [0.3, 0.4) is 0 Å². The van der Waals surface area contributed by atoms with Crippen LogP contribution in [0.1, 0.15) is 12.8 Å². The molecule has 0 aliphatic carbocycles. The molecule has 0 bridgehead atoms. The van der Waals surface area contributed by atoms with Crippen LogP contribution in [0.2, 0.25) is 0 Å². The average Bonchev–Trinajstić information content (AvgIpc) is 2.33. The van der Waals surface area contributed by atoms with E-state index in [0.29, 0.717) is 12.8 Å².